The first-order valence-electron chi connectivity index (χ1n) is 2.42. The van der Waals surface area contributed by atoms with E-state index >= 15 is 0 Å². The average Bonchev–Trinajstić information content (AvgIpc) is 1.73. The summed E-state index contributed by atoms with van der Waals surface area (Å²) < 4.78 is 0. The molecule has 1 heteroatoms. The maximum atomic E-state index is 5.61. The van der Waals surface area contributed by atoms with Crippen LogP contribution in [0.2, 0.25) is 0 Å². The van der Waals surface area contributed by atoms with Crippen molar-refractivity contribution in [3.05, 3.63) is 0 Å². The lowest BCUT2D eigenvalue weighted by Crippen LogP contribution is -2.18. The second-order valence-electron chi connectivity index (χ2n) is 2.61. The minimum atomic E-state index is 0. The van der Waals surface area contributed by atoms with E-state index < -0.39 is 0 Å². The number of hydrogen-bond donors (Lipinski definition) is 1. The first-order valence-corrected chi connectivity index (χ1v) is 2.42. The molecule has 2 unspecified atom stereocenters. The number of rotatable bonds is 0. The lowest BCUT2D eigenvalue weighted by atomic mass is 10.3. The predicted octanol–water partition coefficient (Wildman–Crippen LogP) is 2.02. The molecule has 0 saturated heterocycles. The van der Waals surface area contributed by atoms with Crippen LogP contribution in [-0.2, 0) is 0 Å². The van der Waals surface area contributed by atoms with Crippen LogP contribution in [0.5, 0.6) is 0 Å². The van der Waals surface area contributed by atoms with Gasteiger partial charge in [0, 0.05) is 5.54 Å². The molecule has 52 valence electrons. The van der Waals surface area contributed by atoms with E-state index in [-0.39, 0.29) is 20.4 Å². The zero-order chi connectivity index (χ0) is 4.78. The third kappa shape index (κ3) is 1.83. The van der Waals surface area contributed by atoms with Crippen molar-refractivity contribution in [3.63, 3.8) is 0 Å². The molecule has 1 fully saturated rings. The largest absolute Gasteiger partial charge is 0.325 e. The highest BCUT2D eigenvalue weighted by molar-refractivity contribution is 5.00. The fraction of sp³-hybridized carbons (Fsp3) is 1.00. The fourth-order valence-corrected chi connectivity index (χ4v) is 0.601. The van der Waals surface area contributed by atoms with Crippen molar-refractivity contribution in [1.29, 1.82) is 0 Å². The standard InChI is InChI=1S/C5H11N.2CH4/c1-4-3-5(4,2)6;;/h4H,3,6H2,1-2H3;2*1H4. The van der Waals surface area contributed by atoms with Crippen molar-refractivity contribution in [2.45, 2.75) is 40.7 Å². The molecule has 0 aromatic carbocycles. The zero-order valence-electron chi connectivity index (χ0n) is 4.36. The van der Waals surface area contributed by atoms with Crippen molar-refractivity contribution >= 4 is 0 Å². The van der Waals surface area contributed by atoms with Gasteiger partial charge in [0.1, 0.15) is 0 Å². The van der Waals surface area contributed by atoms with Gasteiger partial charge in [-0.3, -0.25) is 0 Å². The monoisotopic (exact) mass is 117 g/mol. The molecule has 0 heterocycles. The molecule has 0 aromatic rings. The SMILES string of the molecule is C.C.CC1CC1(C)N. The van der Waals surface area contributed by atoms with E-state index in [0.717, 1.165) is 5.92 Å². The summed E-state index contributed by atoms with van der Waals surface area (Å²) in [4.78, 5) is 0. The molecule has 0 spiro atoms. The van der Waals surface area contributed by atoms with Crippen LogP contribution in [0.1, 0.15) is 35.1 Å². The van der Waals surface area contributed by atoms with E-state index in [9.17, 15) is 0 Å². The van der Waals surface area contributed by atoms with Crippen LogP contribution < -0.4 is 5.73 Å². The summed E-state index contributed by atoms with van der Waals surface area (Å²) in [5.41, 5.74) is 5.82. The molecule has 0 radical (unpaired) electrons. The van der Waals surface area contributed by atoms with Gasteiger partial charge in [-0.25, -0.2) is 0 Å². The molecule has 1 rings (SSSR count). The van der Waals surface area contributed by atoms with Crippen molar-refractivity contribution in [3.8, 4) is 0 Å². The molecule has 1 aliphatic rings. The molecule has 1 saturated carbocycles. The highest BCUT2D eigenvalue weighted by Gasteiger charge is 2.42. The van der Waals surface area contributed by atoms with Crippen LogP contribution in [0.4, 0.5) is 0 Å². The van der Waals surface area contributed by atoms with Crippen molar-refractivity contribution < 1.29 is 0 Å². The topological polar surface area (TPSA) is 26.0 Å². The Bertz CT molecular complexity index is 66.8. The van der Waals surface area contributed by atoms with Crippen LogP contribution in [0.15, 0.2) is 0 Å². The molecule has 0 amide bonds. The van der Waals surface area contributed by atoms with E-state index in [2.05, 4.69) is 13.8 Å². The first kappa shape index (κ1) is 10.9. The second-order valence-corrected chi connectivity index (χ2v) is 2.61. The smallest absolute Gasteiger partial charge is 0.0155 e. The Morgan fingerprint density at radius 3 is 1.62 bits per heavy atom. The quantitative estimate of drug-likeness (QED) is 0.516. The van der Waals surface area contributed by atoms with E-state index in [1.165, 1.54) is 6.42 Å². The zero-order valence-corrected chi connectivity index (χ0v) is 4.36. The Hall–Kier alpha value is -0.0400. The van der Waals surface area contributed by atoms with E-state index in [4.69, 9.17) is 5.73 Å². The van der Waals surface area contributed by atoms with Crippen LogP contribution >= 0.6 is 0 Å². The molecule has 0 aromatic heterocycles. The van der Waals surface area contributed by atoms with Gasteiger partial charge in [-0.1, -0.05) is 21.8 Å². The number of nitrogens with two attached hydrogens (primary N) is 1. The van der Waals surface area contributed by atoms with Crippen LogP contribution in [-0.4, -0.2) is 5.54 Å². The summed E-state index contributed by atoms with van der Waals surface area (Å²) in [6, 6.07) is 0. The summed E-state index contributed by atoms with van der Waals surface area (Å²) in [6.45, 7) is 4.28. The molecule has 0 aliphatic heterocycles. The molecule has 1 aliphatic carbocycles. The lowest BCUT2D eigenvalue weighted by molar-refractivity contribution is 0.686. The van der Waals surface area contributed by atoms with Crippen molar-refractivity contribution in [1.82, 2.24) is 0 Å². The van der Waals surface area contributed by atoms with Gasteiger partial charge in [-0.2, -0.15) is 0 Å². The van der Waals surface area contributed by atoms with Gasteiger partial charge < -0.3 is 5.73 Å². The normalized spacial score (nSPS) is 41.6. The third-order valence-corrected chi connectivity index (χ3v) is 1.71. The van der Waals surface area contributed by atoms with Gasteiger partial charge in [0.25, 0.3) is 0 Å². The van der Waals surface area contributed by atoms with Gasteiger partial charge in [0.2, 0.25) is 0 Å². The predicted molar refractivity (Wildman–Crippen MR) is 39.8 cm³/mol. The maximum Gasteiger partial charge on any atom is 0.0155 e. The van der Waals surface area contributed by atoms with Crippen LogP contribution in [0.25, 0.3) is 0 Å². The van der Waals surface area contributed by atoms with Crippen LogP contribution in [0, 0.1) is 5.92 Å². The van der Waals surface area contributed by atoms with E-state index in [1.54, 1.807) is 0 Å². The van der Waals surface area contributed by atoms with Crippen LogP contribution in [0.3, 0.4) is 0 Å². The fourth-order valence-electron chi connectivity index (χ4n) is 0.601. The van der Waals surface area contributed by atoms with E-state index in [0.29, 0.717) is 0 Å². The molecule has 2 atom stereocenters. The Balaban J connectivity index is 0. The van der Waals surface area contributed by atoms with Gasteiger partial charge >= 0.3 is 0 Å². The maximum absolute atomic E-state index is 5.61. The van der Waals surface area contributed by atoms with Crippen molar-refractivity contribution in [2.24, 2.45) is 11.7 Å². The lowest BCUT2D eigenvalue weighted by Gasteiger charge is -1.93. The highest BCUT2D eigenvalue weighted by Crippen LogP contribution is 2.39. The Morgan fingerprint density at radius 1 is 1.50 bits per heavy atom. The molecule has 1 nitrogen and oxygen atoms in total. The Labute approximate surface area is 53.3 Å². The summed E-state index contributed by atoms with van der Waals surface area (Å²) in [6.07, 6.45) is 1.22. The summed E-state index contributed by atoms with van der Waals surface area (Å²) in [5.74, 6) is 0.775. The van der Waals surface area contributed by atoms with Crippen molar-refractivity contribution in [2.75, 3.05) is 0 Å². The summed E-state index contributed by atoms with van der Waals surface area (Å²) >= 11 is 0. The molecule has 0 bridgehead atoms. The van der Waals surface area contributed by atoms with Gasteiger partial charge in [-0.05, 0) is 19.3 Å². The van der Waals surface area contributed by atoms with E-state index in [1.807, 2.05) is 0 Å². The molecule has 8 heavy (non-hydrogen) atoms. The highest BCUT2D eigenvalue weighted by atomic mass is 14.8. The number of hydrogen-bond acceptors (Lipinski definition) is 1. The minimum Gasteiger partial charge on any atom is -0.325 e. The molecule has 2 N–H and O–H groups in total. The summed E-state index contributed by atoms with van der Waals surface area (Å²) in [7, 11) is 0. The second kappa shape index (κ2) is 2.49. The van der Waals surface area contributed by atoms with Gasteiger partial charge in [0.05, 0.1) is 0 Å². The Morgan fingerprint density at radius 2 is 1.62 bits per heavy atom. The molecular weight excluding hydrogens is 98.1 g/mol. The summed E-state index contributed by atoms with van der Waals surface area (Å²) in [5, 5.41) is 0. The average molecular weight is 117 g/mol. The van der Waals surface area contributed by atoms with Gasteiger partial charge in [0.15, 0.2) is 0 Å². The van der Waals surface area contributed by atoms with Gasteiger partial charge in [-0.15, -0.1) is 0 Å². The third-order valence-electron chi connectivity index (χ3n) is 1.71. The molecular formula is C7H19N. The Kier molecular flexibility index (Phi) is 3.38. The first-order chi connectivity index (χ1) is 2.63. The minimum absolute atomic E-state index is 0.